The topological polar surface area (TPSA) is 37.4 Å². The van der Waals surface area contributed by atoms with Crippen LogP contribution in [0.1, 0.15) is 26.2 Å². The van der Waals surface area contributed by atoms with E-state index >= 15 is 0 Å². The van der Waals surface area contributed by atoms with Gasteiger partial charge in [0.15, 0.2) is 0 Å². The SMILES string of the molecule is CCCCCN1C(=O)C(Cl)=C(Cl)C1=O. The molecule has 0 aromatic heterocycles. The van der Waals surface area contributed by atoms with E-state index in [1.54, 1.807) is 0 Å². The lowest BCUT2D eigenvalue weighted by Crippen LogP contribution is -2.32. The predicted molar refractivity (Wildman–Crippen MR) is 55.0 cm³/mol. The van der Waals surface area contributed by atoms with Crippen LogP contribution in [0.15, 0.2) is 10.1 Å². The van der Waals surface area contributed by atoms with E-state index in [2.05, 4.69) is 0 Å². The lowest BCUT2D eigenvalue weighted by molar-refractivity contribution is -0.137. The van der Waals surface area contributed by atoms with Gasteiger partial charge in [0.05, 0.1) is 0 Å². The van der Waals surface area contributed by atoms with Gasteiger partial charge in [0, 0.05) is 6.54 Å². The Hall–Kier alpha value is -0.540. The summed E-state index contributed by atoms with van der Waals surface area (Å²) < 4.78 is 0. The van der Waals surface area contributed by atoms with E-state index in [0.717, 1.165) is 24.2 Å². The van der Waals surface area contributed by atoms with E-state index in [9.17, 15) is 9.59 Å². The van der Waals surface area contributed by atoms with Crippen molar-refractivity contribution in [2.45, 2.75) is 26.2 Å². The van der Waals surface area contributed by atoms with Crippen molar-refractivity contribution in [3.05, 3.63) is 10.1 Å². The van der Waals surface area contributed by atoms with Crippen LogP contribution in [-0.2, 0) is 9.59 Å². The molecule has 14 heavy (non-hydrogen) atoms. The number of hydrogen-bond acceptors (Lipinski definition) is 2. The lowest BCUT2D eigenvalue weighted by Gasteiger charge is -2.12. The van der Waals surface area contributed by atoms with Crippen LogP contribution >= 0.6 is 23.2 Å². The number of carbonyl (C=O) groups excluding carboxylic acids is 2. The summed E-state index contributed by atoms with van der Waals surface area (Å²) in [5.74, 6) is -0.949. The second-order valence-corrected chi connectivity index (χ2v) is 3.85. The van der Waals surface area contributed by atoms with Gasteiger partial charge in [-0.2, -0.15) is 0 Å². The Labute approximate surface area is 92.7 Å². The number of amides is 2. The number of imide groups is 1. The van der Waals surface area contributed by atoms with Gasteiger partial charge in [0.25, 0.3) is 11.8 Å². The van der Waals surface area contributed by atoms with E-state index in [1.807, 2.05) is 6.92 Å². The van der Waals surface area contributed by atoms with Gasteiger partial charge < -0.3 is 0 Å². The molecule has 0 saturated heterocycles. The Balaban J connectivity index is 2.58. The first kappa shape index (κ1) is 11.5. The van der Waals surface area contributed by atoms with E-state index in [0.29, 0.717) is 6.54 Å². The van der Waals surface area contributed by atoms with Crippen LogP contribution in [0.3, 0.4) is 0 Å². The first-order chi connectivity index (χ1) is 6.59. The number of hydrogen-bond donors (Lipinski definition) is 0. The number of unbranched alkanes of at least 4 members (excludes halogenated alkanes) is 2. The molecule has 0 fully saturated rings. The van der Waals surface area contributed by atoms with Crippen LogP contribution in [0.25, 0.3) is 0 Å². The average molecular weight is 236 g/mol. The molecule has 0 unspecified atom stereocenters. The van der Waals surface area contributed by atoms with Gasteiger partial charge in [-0.3, -0.25) is 14.5 Å². The van der Waals surface area contributed by atoms with Crippen LogP contribution in [0.4, 0.5) is 0 Å². The van der Waals surface area contributed by atoms with E-state index in [-0.39, 0.29) is 10.1 Å². The third kappa shape index (κ3) is 2.10. The van der Waals surface area contributed by atoms with Crippen LogP contribution in [0.2, 0.25) is 0 Å². The Morgan fingerprint density at radius 3 is 2.00 bits per heavy atom. The smallest absolute Gasteiger partial charge is 0.273 e. The molecule has 1 aliphatic rings. The van der Waals surface area contributed by atoms with Crippen LogP contribution < -0.4 is 0 Å². The van der Waals surface area contributed by atoms with Crippen LogP contribution in [0.5, 0.6) is 0 Å². The molecule has 0 aromatic rings. The standard InChI is InChI=1S/C9H11Cl2NO2/c1-2-3-4-5-12-8(13)6(10)7(11)9(12)14/h2-5H2,1H3. The first-order valence-electron chi connectivity index (χ1n) is 4.51. The van der Waals surface area contributed by atoms with Gasteiger partial charge in [-0.15, -0.1) is 0 Å². The van der Waals surface area contributed by atoms with E-state index in [4.69, 9.17) is 23.2 Å². The Morgan fingerprint density at radius 1 is 1.07 bits per heavy atom. The van der Waals surface area contributed by atoms with E-state index in [1.165, 1.54) is 0 Å². The fraction of sp³-hybridized carbons (Fsp3) is 0.556. The molecular weight excluding hydrogens is 225 g/mol. The zero-order chi connectivity index (χ0) is 10.7. The maximum absolute atomic E-state index is 11.4. The zero-order valence-electron chi connectivity index (χ0n) is 7.85. The van der Waals surface area contributed by atoms with Gasteiger partial charge in [-0.25, -0.2) is 0 Å². The highest BCUT2D eigenvalue weighted by molar-refractivity contribution is 6.58. The fourth-order valence-corrected chi connectivity index (χ4v) is 1.61. The molecule has 2 amide bonds. The van der Waals surface area contributed by atoms with Gasteiger partial charge in [-0.1, -0.05) is 43.0 Å². The number of rotatable bonds is 4. The molecule has 78 valence electrons. The highest BCUT2D eigenvalue weighted by atomic mass is 35.5. The molecule has 0 saturated carbocycles. The summed E-state index contributed by atoms with van der Waals surface area (Å²) in [6, 6.07) is 0. The van der Waals surface area contributed by atoms with Crippen molar-refractivity contribution in [2.75, 3.05) is 6.54 Å². The Kier molecular flexibility index (Phi) is 3.96. The van der Waals surface area contributed by atoms with Gasteiger partial charge in [0.1, 0.15) is 10.1 Å². The molecule has 0 aromatic carbocycles. The van der Waals surface area contributed by atoms with Crippen molar-refractivity contribution in [3.8, 4) is 0 Å². The summed E-state index contributed by atoms with van der Waals surface area (Å²) in [6.45, 7) is 2.45. The molecule has 0 aliphatic carbocycles. The second kappa shape index (κ2) is 4.80. The van der Waals surface area contributed by atoms with Crippen molar-refractivity contribution < 1.29 is 9.59 Å². The summed E-state index contributed by atoms with van der Waals surface area (Å²) in [6.07, 6.45) is 2.81. The largest absolute Gasteiger partial charge is 0.274 e. The minimum absolute atomic E-state index is 0.159. The molecule has 0 radical (unpaired) electrons. The van der Waals surface area contributed by atoms with Crippen molar-refractivity contribution in [3.63, 3.8) is 0 Å². The molecule has 0 bridgehead atoms. The average Bonchev–Trinajstić information content (AvgIpc) is 2.35. The highest BCUT2D eigenvalue weighted by Gasteiger charge is 2.35. The van der Waals surface area contributed by atoms with Gasteiger partial charge >= 0.3 is 0 Å². The molecule has 5 heteroatoms. The third-order valence-corrected chi connectivity index (χ3v) is 2.84. The summed E-state index contributed by atoms with van der Waals surface area (Å²) in [7, 11) is 0. The summed E-state index contributed by atoms with van der Waals surface area (Å²) in [4.78, 5) is 23.8. The highest BCUT2D eigenvalue weighted by Crippen LogP contribution is 2.26. The number of halogens is 2. The van der Waals surface area contributed by atoms with E-state index < -0.39 is 11.8 Å². The third-order valence-electron chi connectivity index (χ3n) is 2.04. The first-order valence-corrected chi connectivity index (χ1v) is 5.26. The maximum Gasteiger partial charge on any atom is 0.274 e. The van der Waals surface area contributed by atoms with Crippen LogP contribution in [0, 0.1) is 0 Å². The molecule has 0 atom stereocenters. The molecule has 1 aliphatic heterocycles. The number of carbonyl (C=O) groups is 2. The quantitative estimate of drug-likeness (QED) is 0.554. The molecular formula is C9H11Cl2NO2. The molecule has 0 N–H and O–H groups in total. The minimum atomic E-state index is -0.474. The summed E-state index contributed by atoms with van der Waals surface area (Å²) in [5.41, 5.74) is 0. The van der Waals surface area contributed by atoms with Crippen molar-refractivity contribution in [1.29, 1.82) is 0 Å². The fourth-order valence-electron chi connectivity index (χ4n) is 1.24. The Morgan fingerprint density at radius 2 is 1.57 bits per heavy atom. The number of nitrogens with zero attached hydrogens (tertiary/aromatic N) is 1. The van der Waals surface area contributed by atoms with Gasteiger partial charge in [-0.05, 0) is 6.42 Å². The molecule has 1 heterocycles. The molecule has 3 nitrogen and oxygen atoms in total. The monoisotopic (exact) mass is 235 g/mol. The van der Waals surface area contributed by atoms with Crippen LogP contribution in [-0.4, -0.2) is 23.3 Å². The summed E-state index contributed by atoms with van der Waals surface area (Å²) in [5, 5.41) is -0.318. The zero-order valence-corrected chi connectivity index (χ0v) is 9.36. The Bertz CT molecular complexity index is 275. The lowest BCUT2D eigenvalue weighted by atomic mass is 10.2. The predicted octanol–water partition coefficient (Wildman–Crippen LogP) is 2.23. The maximum atomic E-state index is 11.4. The molecule has 1 rings (SSSR count). The normalized spacial score (nSPS) is 17.2. The summed E-state index contributed by atoms with van der Waals surface area (Å²) >= 11 is 11.1. The second-order valence-electron chi connectivity index (χ2n) is 3.10. The van der Waals surface area contributed by atoms with Crippen molar-refractivity contribution in [1.82, 2.24) is 4.90 Å². The minimum Gasteiger partial charge on any atom is -0.273 e. The van der Waals surface area contributed by atoms with Crippen molar-refractivity contribution in [2.24, 2.45) is 0 Å². The van der Waals surface area contributed by atoms with Crippen molar-refractivity contribution >= 4 is 35.0 Å². The molecule has 0 spiro atoms. The van der Waals surface area contributed by atoms with Gasteiger partial charge in [0.2, 0.25) is 0 Å².